The summed E-state index contributed by atoms with van der Waals surface area (Å²) >= 11 is 0. The SMILES string of the molecule is Cc1ccc(NC(=O)N2CCN(c3ccccc3OC(C)C)CC2)cc1. The molecule has 0 atom stereocenters. The Hall–Kier alpha value is -2.69. The van der Waals surface area contributed by atoms with Crippen LogP contribution in [-0.2, 0) is 0 Å². The first-order valence-electron chi connectivity index (χ1n) is 9.16. The molecule has 5 heteroatoms. The molecule has 1 N–H and O–H groups in total. The molecule has 1 fully saturated rings. The number of ether oxygens (including phenoxy) is 1. The van der Waals surface area contributed by atoms with Crippen LogP contribution in [0.4, 0.5) is 16.2 Å². The number of para-hydroxylation sites is 2. The molecule has 138 valence electrons. The van der Waals surface area contributed by atoms with Crippen LogP contribution in [0.2, 0.25) is 0 Å². The van der Waals surface area contributed by atoms with Gasteiger partial charge in [-0.2, -0.15) is 0 Å². The quantitative estimate of drug-likeness (QED) is 0.899. The summed E-state index contributed by atoms with van der Waals surface area (Å²) in [6, 6.07) is 15.9. The van der Waals surface area contributed by atoms with Crippen molar-refractivity contribution in [2.75, 3.05) is 36.4 Å². The minimum atomic E-state index is -0.0415. The number of hydrogen-bond acceptors (Lipinski definition) is 3. The van der Waals surface area contributed by atoms with Crippen molar-refractivity contribution < 1.29 is 9.53 Å². The monoisotopic (exact) mass is 353 g/mol. The maximum absolute atomic E-state index is 12.5. The van der Waals surface area contributed by atoms with Crippen molar-refractivity contribution in [3.05, 3.63) is 54.1 Å². The highest BCUT2D eigenvalue weighted by atomic mass is 16.5. The topological polar surface area (TPSA) is 44.8 Å². The number of anilines is 2. The molecule has 0 radical (unpaired) electrons. The van der Waals surface area contributed by atoms with Crippen molar-refractivity contribution in [2.24, 2.45) is 0 Å². The predicted octanol–water partition coefficient (Wildman–Crippen LogP) is 4.14. The van der Waals surface area contributed by atoms with Crippen LogP contribution >= 0.6 is 0 Å². The lowest BCUT2D eigenvalue weighted by Gasteiger charge is -2.36. The molecular formula is C21H27N3O2. The number of nitrogens with zero attached hydrogens (tertiary/aromatic N) is 2. The van der Waals surface area contributed by atoms with Crippen molar-refractivity contribution in [2.45, 2.75) is 26.9 Å². The smallest absolute Gasteiger partial charge is 0.321 e. The van der Waals surface area contributed by atoms with Crippen molar-refractivity contribution in [1.29, 1.82) is 0 Å². The summed E-state index contributed by atoms with van der Waals surface area (Å²) in [5, 5.41) is 2.97. The number of carbonyl (C=O) groups excluding carboxylic acids is 1. The van der Waals surface area contributed by atoms with E-state index in [9.17, 15) is 4.79 Å². The van der Waals surface area contributed by atoms with Crippen LogP contribution < -0.4 is 15.0 Å². The molecule has 2 amide bonds. The van der Waals surface area contributed by atoms with Gasteiger partial charge in [0.2, 0.25) is 0 Å². The number of piperazine rings is 1. The molecule has 1 heterocycles. The predicted molar refractivity (Wildman–Crippen MR) is 106 cm³/mol. The van der Waals surface area contributed by atoms with E-state index in [2.05, 4.69) is 16.3 Å². The maximum atomic E-state index is 12.5. The van der Waals surface area contributed by atoms with Crippen molar-refractivity contribution in [3.63, 3.8) is 0 Å². The Balaban J connectivity index is 1.59. The lowest BCUT2D eigenvalue weighted by atomic mass is 10.2. The molecule has 1 aliphatic heterocycles. The van der Waals surface area contributed by atoms with Gasteiger partial charge in [-0.25, -0.2) is 4.79 Å². The number of carbonyl (C=O) groups is 1. The highest BCUT2D eigenvalue weighted by Crippen LogP contribution is 2.29. The molecule has 3 rings (SSSR count). The molecule has 0 aliphatic carbocycles. The minimum absolute atomic E-state index is 0.0415. The third kappa shape index (κ3) is 4.48. The molecule has 2 aromatic carbocycles. The van der Waals surface area contributed by atoms with Crippen LogP contribution in [0, 0.1) is 6.92 Å². The Bertz CT molecular complexity index is 735. The summed E-state index contributed by atoms with van der Waals surface area (Å²) in [6.07, 6.45) is 0.137. The lowest BCUT2D eigenvalue weighted by Crippen LogP contribution is -2.50. The molecule has 0 bridgehead atoms. The van der Waals surface area contributed by atoms with Gasteiger partial charge in [0.15, 0.2) is 0 Å². The standard InChI is InChI=1S/C21H27N3O2/c1-16(2)26-20-7-5-4-6-19(20)23-12-14-24(15-13-23)21(25)22-18-10-8-17(3)9-11-18/h4-11,16H,12-15H2,1-3H3,(H,22,25). The van der Waals surface area contributed by atoms with Gasteiger partial charge < -0.3 is 19.9 Å². The van der Waals surface area contributed by atoms with E-state index >= 15 is 0 Å². The molecule has 1 saturated heterocycles. The largest absolute Gasteiger partial charge is 0.489 e. The Morgan fingerprint density at radius 3 is 2.31 bits per heavy atom. The summed E-state index contributed by atoms with van der Waals surface area (Å²) in [5.74, 6) is 0.903. The average molecular weight is 353 g/mol. The molecule has 0 aromatic heterocycles. The van der Waals surface area contributed by atoms with Crippen LogP contribution in [0.1, 0.15) is 19.4 Å². The van der Waals surface area contributed by atoms with E-state index in [1.165, 1.54) is 5.56 Å². The Labute approximate surface area is 155 Å². The lowest BCUT2D eigenvalue weighted by molar-refractivity contribution is 0.207. The van der Waals surface area contributed by atoms with E-state index in [0.717, 1.165) is 30.2 Å². The number of hydrogen-bond donors (Lipinski definition) is 1. The number of urea groups is 1. The second-order valence-electron chi connectivity index (χ2n) is 6.90. The number of aryl methyl sites for hydroxylation is 1. The number of rotatable bonds is 4. The van der Waals surface area contributed by atoms with Gasteiger partial charge in [0.05, 0.1) is 11.8 Å². The zero-order chi connectivity index (χ0) is 18.5. The van der Waals surface area contributed by atoms with Crippen LogP contribution in [0.5, 0.6) is 5.75 Å². The molecule has 5 nitrogen and oxygen atoms in total. The van der Waals surface area contributed by atoms with Gasteiger partial charge >= 0.3 is 6.03 Å². The zero-order valence-electron chi connectivity index (χ0n) is 15.7. The van der Waals surface area contributed by atoms with Crippen LogP contribution in [0.15, 0.2) is 48.5 Å². The molecule has 0 spiro atoms. The third-order valence-electron chi connectivity index (χ3n) is 4.44. The zero-order valence-corrected chi connectivity index (χ0v) is 15.7. The molecule has 26 heavy (non-hydrogen) atoms. The molecule has 0 saturated carbocycles. The highest BCUT2D eigenvalue weighted by Gasteiger charge is 2.23. The van der Waals surface area contributed by atoms with Crippen molar-refractivity contribution in [3.8, 4) is 5.75 Å². The minimum Gasteiger partial charge on any atom is -0.489 e. The van der Waals surface area contributed by atoms with Crippen LogP contribution in [-0.4, -0.2) is 43.2 Å². The van der Waals surface area contributed by atoms with E-state index < -0.39 is 0 Å². The van der Waals surface area contributed by atoms with Crippen molar-refractivity contribution in [1.82, 2.24) is 4.90 Å². The van der Waals surface area contributed by atoms with E-state index in [-0.39, 0.29) is 12.1 Å². The normalized spacial score (nSPS) is 14.5. The van der Waals surface area contributed by atoms with E-state index in [0.29, 0.717) is 13.1 Å². The Morgan fingerprint density at radius 2 is 1.65 bits per heavy atom. The first-order chi connectivity index (χ1) is 12.5. The molecular weight excluding hydrogens is 326 g/mol. The number of nitrogens with one attached hydrogen (secondary N) is 1. The van der Waals surface area contributed by atoms with Crippen molar-refractivity contribution >= 4 is 17.4 Å². The second-order valence-corrected chi connectivity index (χ2v) is 6.90. The van der Waals surface area contributed by atoms with Crippen LogP contribution in [0.25, 0.3) is 0 Å². The fourth-order valence-corrected chi connectivity index (χ4v) is 3.06. The third-order valence-corrected chi connectivity index (χ3v) is 4.44. The van der Waals surface area contributed by atoms with Gasteiger partial charge in [-0.1, -0.05) is 29.8 Å². The molecule has 1 aliphatic rings. The van der Waals surface area contributed by atoms with E-state index in [1.54, 1.807) is 0 Å². The summed E-state index contributed by atoms with van der Waals surface area (Å²) in [7, 11) is 0. The molecule has 0 unspecified atom stereocenters. The molecule has 2 aromatic rings. The number of amides is 2. The summed E-state index contributed by atoms with van der Waals surface area (Å²) in [4.78, 5) is 16.6. The summed E-state index contributed by atoms with van der Waals surface area (Å²) in [5.41, 5.74) is 3.11. The van der Waals surface area contributed by atoms with Gasteiger partial charge in [-0.05, 0) is 45.0 Å². The highest BCUT2D eigenvalue weighted by molar-refractivity contribution is 5.89. The fraction of sp³-hybridized carbons (Fsp3) is 0.381. The van der Waals surface area contributed by atoms with Gasteiger partial charge in [-0.3, -0.25) is 0 Å². The summed E-state index contributed by atoms with van der Waals surface area (Å²) in [6.45, 7) is 9.06. The first kappa shape index (κ1) is 18.1. The number of benzene rings is 2. The maximum Gasteiger partial charge on any atom is 0.321 e. The average Bonchev–Trinajstić information content (AvgIpc) is 2.64. The Kier molecular flexibility index (Phi) is 5.66. The van der Waals surface area contributed by atoms with Gasteiger partial charge in [0.25, 0.3) is 0 Å². The Morgan fingerprint density at radius 1 is 1.00 bits per heavy atom. The first-order valence-corrected chi connectivity index (χ1v) is 9.16. The fourth-order valence-electron chi connectivity index (χ4n) is 3.06. The second kappa shape index (κ2) is 8.13. The van der Waals surface area contributed by atoms with E-state index in [1.807, 2.05) is 68.1 Å². The van der Waals surface area contributed by atoms with Gasteiger partial charge in [-0.15, -0.1) is 0 Å². The summed E-state index contributed by atoms with van der Waals surface area (Å²) < 4.78 is 5.93. The van der Waals surface area contributed by atoms with Gasteiger partial charge in [0, 0.05) is 31.9 Å². The van der Waals surface area contributed by atoms with Crippen LogP contribution in [0.3, 0.4) is 0 Å². The van der Waals surface area contributed by atoms with Gasteiger partial charge in [0.1, 0.15) is 5.75 Å². The van der Waals surface area contributed by atoms with E-state index in [4.69, 9.17) is 4.74 Å².